The van der Waals surface area contributed by atoms with E-state index in [1.807, 2.05) is 0 Å². The summed E-state index contributed by atoms with van der Waals surface area (Å²) in [6.07, 6.45) is 1.36. The van der Waals surface area contributed by atoms with Gasteiger partial charge in [-0.3, -0.25) is 0 Å². The number of urea groups is 1. The van der Waals surface area contributed by atoms with Crippen LogP contribution in [0.3, 0.4) is 0 Å². The van der Waals surface area contributed by atoms with Crippen LogP contribution in [0.5, 0.6) is 5.75 Å². The van der Waals surface area contributed by atoms with Crippen molar-refractivity contribution in [2.24, 2.45) is 5.92 Å². The fraction of sp³-hybridized carbons (Fsp3) is 0.318. The number of nitrogens with zero attached hydrogens (tertiary/aromatic N) is 2. The minimum absolute atomic E-state index is 0.258. The molecule has 3 aromatic rings. The number of amides is 2. The molecule has 0 radical (unpaired) electrons. The van der Waals surface area contributed by atoms with Gasteiger partial charge in [0, 0.05) is 43.1 Å². The summed E-state index contributed by atoms with van der Waals surface area (Å²) in [5, 5.41) is 8.95. The Balaban J connectivity index is 1.41. The molecule has 0 aliphatic carbocycles. The Bertz CT molecular complexity index is 1080. The third-order valence-corrected chi connectivity index (χ3v) is 4.88. The highest BCUT2D eigenvalue weighted by Gasteiger charge is 2.18. The van der Waals surface area contributed by atoms with Crippen LogP contribution in [-0.4, -0.2) is 56.1 Å². The number of anilines is 3. The van der Waals surface area contributed by atoms with Crippen molar-refractivity contribution in [2.45, 2.75) is 0 Å². The first kappa shape index (κ1) is 21.7. The molecule has 0 atom stereocenters. The van der Waals surface area contributed by atoms with Crippen LogP contribution < -0.4 is 20.7 Å². The number of carbonyl (C=O) groups excluding carboxylic acids is 1. The molecule has 1 aliphatic heterocycles. The molecule has 1 aromatic heterocycles. The molecule has 9 nitrogen and oxygen atoms in total. The molecule has 2 heterocycles. The second-order valence-electron chi connectivity index (χ2n) is 7.30. The lowest BCUT2D eigenvalue weighted by atomic mass is 10.1. The molecule has 0 unspecified atom stereocenters. The van der Waals surface area contributed by atoms with Crippen molar-refractivity contribution >= 4 is 34.1 Å². The molecule has 168 valence electrons. The molecule has 2 amide bonds. The molecule has 2 aromatic carbocycles. The van der Waals surface area contributed by atoms with Crippen molar-refractivity contribution in [3.8, 4) is 5.75 Å². The quantitative estimate of drug-likeness (QED) is 0.438. The molecule has 3 N–H and O–H groups in total. The topological polar surface area (TPSA) is 107 Å². The minimum Gasteiger partial charge on any atom is -0.491 e. The zero-order valence-corrected chi connectivity index (χ0v) is 17.6. The predicted octanol–water partition coefficient (Wildman–Crippen LogP) is 3.31. The number of benzene rings is 2. The van der Waals surface area contributed by atoms with Gasteiger partial charge in [-0.05, 0) is 24.3 Å². The van der Waals surface area contributed by atoms with Crippen molar-refractivity contribution in [1.82, 2.24) is 15.3 Å². The van der Waals surface area contributed by atoms with Crippen LogP contribution in [0.15, 0.2) is 42.7 Å². The number of hydrogen-bond acceptors (Lipinski definition) is 7. The van der Waals surface area contributed by atoms with Crippen molar-refractivity contribution in [3.05, 3.63) is 48.5 Å². The van der Waals surface area contributed by atoms with E-state index in [1.54, 1.807) is 37.4 Å². The number of rotatable bonds is 9. The SMILES string of the molecule is COCCOc1cc(F)c2c(Nc3ccc(NC(=O)NCC4COC4)cc3)ncnc2c1. The Hall–Kier alpha value is -3.50. The van der Waals surface area contributed by atoms with Crippen LogP contribution in [0.2, 0.25) is 0 Å². The lowest BCUT2D eigenvalue weighted by Gasteiger charge is -2.25. The van der Waals surface area contributed by atoms with Gasteiger partial charge in [0.2, 0.25) is 0 Å². The molecule has 10 heteroatoms. The highest BCUT2D eigenvalue weighted by molar-refractivity contribution is 5.92. The van der Waals surface area contributed by atoms with Gasteiger partial charge in [0.15, 0.2) is 0 Å². The van der Waals surface area contributed by atoms with Crippen molar-refractivity contribution in [2.75, 3.05) is 50.7 Å². The summed E-state index contributed by atoms with van der Waals surface area (Å²) in [4.78, 5) is 20.3. The van der Waals surface area contributed by atoms with E-state index in [0.717, 1.165) is 0 Å². The van der Waals surface area contributed by atoms with Gasteiger partial charge in [-0.25, -0.2) is 19.2 Å². The van der Waals surface area contributed by atoms with E-state index in [9.17, 15) is 9.18 Å². The van der Waals surface area contributed by atoms with Gasteiger partial charge in [-0.15, -0.1) is 0 Å². The Morgan fingerprint density at radius 2 is 1.94 bits per heavy atom. The highest BCUT2D eigenvalue weighted by atomic mass is 19.1. The molecule has 0 spiro atoms. The Morgan fingerprint density at radius 1 is 1.16 bits per heavy atom. The van der Waals surface area contributed by atoms with Crippen LogP contribution >= 0.6 is 0 Å². The van der Waals surface area contributed by atoms with E-state index in [1.165, 1.54) is 12.4 Å². The summed E-state index contributed by atoms with van der Waals surface area (Å²) < 4.78 is 30.3. The van der Waals surface area contributed by atoms with Crippen LogP contribution in [-0.2, 0) is 9.47 Å². The minimum atomic E-state index is -0.496. The lowest BCUT2D eigenvalue weighted by Crippen LogP contribution is -2.40. The number of aromatic nitrogens is 2. The number of nitrogens with one attached hydrogen (secondary N) is 3. The Labute approximate surface area is 184 Å². The summed E-state index contributed by atoms with van der Waals surface area (Å²) in [5.74, 6) is 0.584. The van der Waals surface area contributed by atoms with E-state index in [2.05, 4.69) is 25.9 Å². The van der Waals surface area contributed by atoms with E-state index in [0.29, 0.717) is 67.3 Å². The second kappa shape index (κ2) is 10.2. The first-order valence-electron chi connectivity index (χ1n) is 10.2. The van der Waals surface area contributed by atoms with Gasteiger partial charge in [-0.1, -0.05) is 0 Å². The Kier molecular flexibility index (Phi) is 6.93. The van der Waals surface area contributed by atoms with Crippen molar-refractivity contribution < 1.29 is 23.4 Å². The molecule has 1 saturated heterocycles. The zero-order chi connectivity index (χ0) is 22.3. The predicted molar refractivity (Wildman–Crippen MR) is 118 cm³/mol. The standard InChI is InChI=1S/C22H24FN5O4/c1-30-6-7-32-17-8-18(23)20-19(9-17)25-13-26-21(20)27-15-2-4-16(5-3-15)28-22(29)24-10-14-11-31-12-14/h2-5,8-9,13-14H,6-7,10-12H2,1H3,(H2,24,28,29)(H,25,26,27). The molecule has 4 rings (SSSR count). The van der Waals surface area contributed by atoms with E-state index in [4.69, 9.17) is 14.2 Å². The number of fused-ring (bicyclic) bond motifs is 1. The van der Waals surface area contributed by atoms with E-state index >= 15 is 0 Å². The molecule has 0 bridgehead atoms. The van der Waals surface area contributed by atoms with E-state index < -0.39 is 5.82 Å². The zero-order valence-electron chi connectivity index (χ0n) is 17.6. The summed E-state index contributed by atoms with van der Waals surface area (Å²) >= 11 is 0. The number of halogens is 1. The van der Waals surface area contributed by atoms with Gasteiger partial charge < -0.3 is 30.2 Å². The molecule has 1 fully saturated rings. The molecule has 32 heavy (non-hydrogen) atoms. The number of hydrogen-bond donors (Lipinski definition) is 3. The molecular formula is C22H24FN5O4. The number of ether oxygens (including phenoxy) is 3. The van der Waals surface area contributed by atoms with Crippen LogP contribution in [0.25, 0.3) is 10.9 Å². The van der Waals surface area contributed by atoms with Crippen LogP contribution in [0.1, 0.15) is 0 Å². The lowest BCUT2D eigenvalue weighted by molar-refractivity contribution is -0.0292. The van der Waals surface area contributed by atoms with E-state index in [-0.39, 0.29) is 11.4 Å². The normalized spacial score (nSPS) is 13.4. The number of methoxy groups -OCH3 is 1. The fourth-order valence-corrected chi connectivity index (χ4v) is 3.13. The monoisotopic (exact) mass is 441 g/mol. The summed E-state index contributed by atoms with van der Waals surface area (Å²) in [7, 11) is 1.57. The van der Waals surface area contributed by atoms with Gasteiger partial charge >= 0.3 is 6.03 Å². The van der Waals surface area contributed by atoms with Gasteiger partial charge in [-0.2, -0.15) is 0 Å². The highest BCUT2D eigenvalue weighted by Crippen LogP contribution is 2.29. The van der Waals surface area contributed by atoms with Gasteiger partial charge in [0.1, 0.15) is 30.3 Å². The molecule has 1 aliphatic rings. The summed E-state index contributed by atoms with van der Waals surface area (Å²) in [6.45, 7) is 2.66. The maximum atomic E-state index is 14.8. The van der Waals surface area contributed by atoms with Gasteiger partial charge in [0.05, 0.1) is 30.7 Å². The smallest absolute Gasteiger partial charge is 0.319 e. The molecular weight excluding hydrogens is 417 g/mol. The molecule has 0 saturated carbocycles. The first-order valence-corrected chi connectivity index (χ1v) is 10.2. The first-order chi connectivity index (χ1) is 15.6. The summed E-state index contributed by atoms with van der Waals surface area (Å²) in [6, 6.07) is 9.71. The van der Waals surface area contributed by atoms with Crippen LogP contribution in [0, 0.1) is 11.7 Å². The number of carbonyl (C=O) groups is 1. The third-order valence-electron chi connectivity index (χ3n) is 4.88. The van der Waals surface area contributed by atoms with Crippen LogP contribution in [0.4, 0.5) is 26.4 Å². The average molecular weight is 441 g/mol. The summed E-state index contributed by atoms with van der Waals surface area (Å²) in [5.41, 5.74) is 1.73. The van der Waals surface area contributed by atoms with Gasteiger partial charge in [0.25, 0.3) is 0 Å². The van der Waals surface area contributed by atoms with Crippen molar-refractivity contribution in [3.63, 3.8) is 0 Å². The Morgan fingerprint density at radius 3 is 2.66 bits per heavy atom. The maximum absolute atomic E-state index is 14.8. The largest absolute Gasteiger partial charge is 0.491 e. The second-order valence-corrected chi connectivity index (χ2v) is 7.30. The van der Waals surface area contributed by atoms with Crippen molar-refractivity contribution in [1.29, 1.82) is 0 Å². The third kappa shape index (κ3) is 5.40. The average Bonchev–Trinajstić information content (AvgIpc) is 2.74. The maximum Gasteiger partial charge on any atom is 0.319 e. The fourth-order valence-electron chi connectivity index (χ4n) is 3.13.